The zero-order valence-electron chi connectivity index (χ0n) is 17.0. The molecule has 2 N–H and O–H groups in total. The number of aryl methyl sites for hydroxylation is 2. The van der Waals surface area contributed by atoms with Crippen molar-refractivity contribution in [1.82, 2.24) is 25.4 Å². The van der Waals surface area contributed by atoms with Crippen molar-refractivity contribution in [2.45, 2.75) is 71.3 Å². The van der Waals surface area contributed by atoms with Gasteiger partial charge in [-0.05, 0) is 32.1 Å². The number of hydrogen-bond donors (Lipinski definition) is 2. The predicted octanol–water partition coefficient (Wildman–Crippen LogP) is 2.93. The lowest BCUT2D eigenvalue weighted by Gasteiger charge is -2.12. The normalized spacial score (nSPS) is 14.2. The van der Waals surface area contributed by atoms with Crippen molar-refractivity contribution >= 4 is 29.9 Å². The van der Waals surface area contributed by atoms with Crippen LogP contribution in [-0.2, 0) is 24.1 Å². The molecule has 0 spiro atoms. The maximum atomic E-state index is 5.57. The minimum Gasteiger partial charge on any atom is -0.381 e. The minimum atomic E-state index is 0. The number of nitrogens with one attached hydrogen (secondary N) is 2. The van der Waals surface area contributed by atoms with Crippen LogP contribution in [0.25, 0.3) is 0 Å². The molecule has 0 fully saturated rings. The van der Waals surface area contributed by atoms with Gasteiger partial charge in [-0.3, -0.25) is 4.99 Å². The molecule has 156 valence electrons. The highest BCUT2D eigenvalue weighted by Gasteiger charge is 2.14. The van der Waals surface area contributed by atoms with E-state index in [9.17, 15) is 0 Å². The SMILES string of the molecule is CCCCOCCCNC(=NC)NCCCc1nnc2n1CCCCC2.I. The molecule has 0 unspecified atom stereocenters. The fourth-order valence-corrected chi connectivity index (χ4v) is 3.13. The highest BCUT2D eigenvalue weighted by atomic mass is 127. The summed E-state index contributed by atoms with van der Waals surface area (Å²) >= 11 is 0. The lowest BCUT2D eigenvalue weighted by Crippen LogP contribution is -2.38. The second-order valence-electron chi connectivity index (χ2n) is 6.84. The summed E-state index contributed by atoms with van der Waals surface area (Å²) in [7, 11) is 1.81. The summed E-state index contributed by atoms with van der Waals surface area (Å²) in [5, 5.41) is 15.5. The van der Waals surface area contributed by atoms with Crippen molar-refractivity contribution in [1.29, 1.82) is 0 Å². The van der Waals surface area contributed by atoms with Crippen molar-refractivity contribution < 1.29 is 4.74 Å². The summed E-state index contributed by atoms with van der Waals surface area (Å²) in [5.41, 5.74) is 0. The van der Waals surface area contributed by atoms with Crippen LogP contribution in [0, 0.1) is 0 Å². The maximum absolute atomic E-state index is 5.57. The second-order valence-corrected chi connectivity index (χ2v) is 6.84. The smallest absolute Gasteiger partial charge is 0.190 e. The first kappa shape index (κ1) is 24.1. The van der Waals surface area contributed by atoms with Crippen LogP contribution in [0.1, 0.15) is 63.5 Å². The van der Waals surface area contributed by atoms with Gasteiger partial charge in [-0.15, -0.1) is 34.2 Å². The van der Waals surface area contributed by atoms with Crippen LogP contribution in [0.15, 0.2) is 4.99 Å². The Morgan fingerprint density at radius 2 is 1.85 bits per heavy atom. The van der Waals surface area contributed by atoms with E-state index in [1.807, 2.05) is 7.05 Å². The second kappa shape index (κ2) is 15.1. The maximum Gasteiger partial charge on any atom is 0.190 e. The van der Waals surface area contributed by atoms with Crippen LogP contribution < -0.4 is 10.6 Å². The number of hydrogen-bond acceptors (Lipinski definition) is 4. The topological polar surface area (TPSA) is 76.4 Å². The molecule has 0 bridgehead atoms. The number of nitrogens with zero attached hydrogens (tertiary/aromatic N) is 4. The van der Waals surface area contributed by atoms with Crippen LogP contribution in [-0.4, -0.2) is 54.1 Å². The van der Waals surface area contributed by atoms with Crippen LogP contribution in [0.2, 0.25) is 0 Å². The number of aromatic nitrogens is 3. The van der Waals surface area contributed by atoms with Gasteiger partial charge >= 0.3 is 0 Å². The van der Waals surface area contributed by atoms with Gasteiger partial charge in [0.15, 0.2) is 5.96 Å². The Labute approximate surface area is 181 Å². The Kier molecular flexibility index (Phi) is 13.5. The molecule has 2 heterocycles. The van der Waals surface area contributed by atoms with Gasteiger partial charge in [0.1, 0.15) is 11.6 Å². The first-order chi connectivity index (χ1) is 12.8. The summed E-state index contributed by atoms with van der Waals surface area (Å²) in [6.07, 6.45) is 10.2. The predicted molar refractivity (Wildman–Crippen MR) is 121 cm³/mol. The zero-order valence-corrected chi connectivity index (χ0v) is 19.3. The summed E-state index contributed by atoms with van der Waals surface area (Å²) in [6.45, 7) is 6.70. The number of unbranched alkanes of at least 4 members (excludes halogenated alkanes) is 1. The fourth-order valence-electron chi connectivity index (χ4n) is 3.13. The van der Waals surface area contributed by atoms with E-state index in [-0.39, 0.29) is 24.0 Å². The molecular formula is C19H37IN6O. The highest BCUT2D eigenvalue weighted by Crippen LogP contribution is 2.15. The summed E-state index contributed by atoms with van der Waals surface area (Å²) in [4.78, 5) is 4.27. The molecule has 1 aliphatic heterocycles. The van der Waals surface area contributed by atoms with Gasteiger partial charge in [0.2, 0.25) is 0 Å². The number of ether oxygens (including phenoxy) is 1. The number of rotatable bonds is 11. The molecule has 0 amide bonds. The molecule has 0 aliphatic carbocycles. The van der Waals surface area contributed by atoms with Crippen molar-refractivity contribution in [2.24, 2.45) is 4.99 Å². The number of halogens is 1. The lowest BCUT2D eigenvalue weighted by atomic mass is 10.2. The highest BCUT2D eigenvalue weighted by molar-refractivity contribution is 14.0. The first-order valence-corrected chi connectivity index (χ1v) is 10.3. The molecule has 2 rings (SSSR count). The van der Waals surface area contributed by atoms with Crippen LogP contribution in [0.4, 0.5) is 0 Å². The van der Waals surface area contributed by atoms with Crippen LogP contribution in [0.5, 0.6) is 0 Å². The molecule has 1 aromatic rings. The van der Waals surface area contributed by atoms with Gasteiger partial charge in [-0.25, -0.2) is 0 Å². The van der Waals surface area contributed by atoms with E-state index in [4.69, 9.17) is 4.74 Å². The summed E-state index contributed by atoms with van der Waals surface area (Å²) < 4.78 is 7.90. The van der Waals surface area contributed by atoms with E-state index in [1.165, 1.54) is 31.5 Å². The van der Waals surface area contributed by atoms with E-state index in [0.29, 0.717) is 0 Å². The van der Waals surface area contributed by atoms with E-state index in [1.54, 1.807) is 0 Å². The van der Waals surface area contributed by atoms with Crippen LogP contribution in [0.3, 0.4) is 0 Å². The molecule has 0 radical (unpaired) electrons. The molecule has 27 heavy (non-hydrogen) atoms. The monoisotopic (exact) mass is 492 g/mol. The van der Waals surface area contributed by atoms with Crippen molar-refractivity contribution in [3.63, 3.8) is 0 Å². The third kappa shape index (κ3) is 9.23. The number of guanidine groups is 1. The largest absolute Gasteiger partial charge is 0.381 e. The third-order valence-electron chi connectivity index (χ3n) is 4.68. The molecular weight excluding hydrogens is 455 g/mol. The molecule has 0 aromatic carbocycles. The molecule has 0 atom stereocenters. The molecule has 1 aliphatic rings. The Morgan fingerprint density at radius 3 is 2.63 bits per heavy atom. The average molecular weight is 492 g/mol. The van der Waals surface area contributed by atoms with E-state index < -0.39 is 0 Å². The zero-order chi connectivity index (χ0) is 18.5. The van der Waals surface area contributed by atoms with Gasteiger partial charge in [0.05, 0.1) is 0 Å². The number of fused-ring (bicyclic) bond motifs is 1. The molecule has 0 saturated heterocycles. The Balaban J connectivity index is 0.00000364. The summed E-state index contributed by atoms with van der Waals surface area (Å²) in [5.74, 6) is 3.17. The van der Waals surface area contributed by atoms with E-state index in [2.05, 4.69) is 37.3 Å². The van der Waals surface area contributed by atoms with Gasteiger partial charge in [0.25, 0.3) is 0 Å². The Hall–Kier alpha value is -0.900. The van der Waals surface area contributed by atoms with E-state index >= 15 is 0 Å². The fraction of sp³-hybridized carbons (Fsp3) is 0.842. The Bertz CT molecular complexity index is 534. The molecule has 8 heteroatoms. The quantitative estimate of drug-likeness (QED) is 0.215. The van der Waals surface area contributed by atoms with Crippen LogP contribution >= 0.6 is 24.0 Å². The summed E-state index contributed by atoms with van der Waals surface area (Å²) in [6, 6.07) is 0. The molecule has 1 aromatic heterocycles. The van der Waals surface area contributed by atoms with Crippen molar-refractivity contribution in [2.75, 3.05) is 33.4 Å². The molecule has 7 nitrogen and oxygen atoms in total. The van der Waals surface area contributed by atoms with Gasteiger partial charge in [0, 0.05) is 52.7 Å². The molecule has 0 saturated carbocycles. The Morgan fingerprint density at radius 1 is 1.07 bits per heavy atom. The number of aliphatic imine (C=N–C) groups is 1. The van der Waals surface area contributed by atoms with Crippen molar-refractivity contribution in [3.8, 4) is 0 Å². The van der Waals surface area contributed by atoms with Gasteiger partial charge in [-0.1, -0.05) is 19.8 Å². The van der Waals surface area contributed by atoms with Gasteiger partial charge in [-0.2, -0.15) is 0 Å². The van der Waals surface area contributed by atoms with Gasteiger partial charge < -0.3 is 19.9 Å². The first-order valence-electron chi connectivity index (χ1n) is 10.3. The van der Waals surface area contributed by atoms with E-state index in [0.717, 1.165) is 76.7 Å². The minimum absolute atomic E-state index is 0. The lowest BCUT2D eigenvalue weighted by molar-refractivity contribution is 0.129. The average Bonchev–Trinajstić information content (AvgIpc) is 2.88. The van der Waals surface area contributed by atoms with Crippen molar-refractivity contribution in [3.05, 3.63) is 11.6 Å². The standard InChI is InChI=1S/C19H36N6O.HI/c1-3-4-15-26-16-9-13-22-19(20-2)21-12-8-11-18-24-23-17-10-6-5-7-14-25(17)18;/h3-16H2,1-2H3,(H2,20,21,22);1H. The third-order valence-corrected chi connectivity index (χ3v) is 4.68.